The van der Waals surface area contributed by atoms with E-state index in [2.05, 4.69) is 27.7 Å². The van der Waals surface area contributed by atoms with Gasteiger partial charge in [0.2, 0.25) is 0 Å². The van der Waals surface area contributed by atoms with Gasteiger partial charge in [-0.1, -0.05) is 0 Å². The van der Waals surface area contributed by atoms with Gasteiger partial charge in [0.25, 0.3) is 0 Å². The van der Waals surface area contributed by atoms with E-state index in [1.807, 2.05) is 13.2 Å². The lowest BCUT2D eigenvalue weighted by molar-refractivity contribution is 0.711. The minimum Gasteiger partial charge on any atom is -0.325 e. The number of hydrogen-bond donors (Lipinski definition) is 1. The highest BCUT2D eigenvalue weighted by Gasteiger charge is 2.00. The van der Waals surface area contributed by atoms with Crippen molar-refractivity contribution in [3.05, 3.63) is 15.5 Å². The van der Waals surface area contributed by atoms with E-state index in [1.165, 1.54) is 0 Å². The Morgan fingerprint density at radius 1 is 1.64 bits per heavy atom. The molecule has 0 saturated heterocycles. The molecule has 66 valence electrons. The van der Waals surface area contributed by atoms with Crippen molar-refractivity contribution >= 4 is 47.4 Å². The SMILES string of the molecule is Cl.Cl.Cn1ncc(I)c1CN. The quantitative estimate of drug-likeness (QED) is 0.795. The number of rotatable bonds is 1. The van der Waals surface area contributed by atoms with Gasteiger partial charge in [-0.25, -0.2) is 0 Å². The third kappa shape index (κ3) is 3.14. The monoisotopic (exact) mass is 309 g/mol. The van der Waals surface area contributed by atoms with Gasteiger partial charge in [0.1, 0.15) is 0 Å². The van der Waals surface area contributed by atoms with Gasteiger partial charge in [-0.3, -0.25) is 4.68 Å². The second kappa shape index (κ2) is 6.05. The fraction of sp³-hybridized carbons (Fsp3) is 0.400. The summed E-state index contributed by atoms with van der Waals surface area (Å²) in [6.45, 7) is 0.564. The van der Waals surface area contributed by atoms with Gasteiger partial charge in [0, 0.05) is 13.6 Å². The number of halogens is 3. The summed E-state index contributed by atoms with van der Waals surface area (Å²) in [4.78, 5) is 0. The molecule has 0 amide bonds. The molecule has 0 radical (unpaired) electrons. The van der Waals surface area contributed by atoms with Crippen molar-refractivity contribution in [2.75, 3.05) is 0 Å². The van der Waals surface area contributed by atoms with E-state index in [0.717, 1.165) is 9.26 Å². The summed E-state index contributed by atoms with van der Waals surface area (Å²) in [5.41, 5.74) is 6.52. The molecule has 0 aliphatic heterocycles. The summed E-state index contributed by atoms with van der Waals surface area (Å²) in [6.07, 6.45) is 1.81. The Kier molecular flexibility index (Phi) is 7.71. The Labute approximate surface area is 91.7 Å². The zero-order valence-electron chi connectivity index (χ0n) is 5.95. The minimum absolute atomic E-state index is 0. The van der Waals surface area contributed by atoms with Gasteiger partial charge in [0.05, 0.1) is 15.5 Å². The Morgan fingerprint density at radius 2 is 2.18 bits per heavy atom. The minimum atomic E-state index is 0. The van der Waals surface area contributed by atoms with E-state index in [9.17, 15) is 0 Å². The first-order valence-electron chi connectivity index (χ1n) is 2.62. The van der Waals surface area contributed by atoms with Gasteiger partial charge >= 0.3 is 0 Å². The first kappa shape index (κ1) is 14.0. The molecule has 0 spiro atoms. The molecule has 0 aliphatic rings. The van der Waals surface area contributed by atoms with Gasteiger partial charge in [0.15, 0.2) is 0 Å². The van der Waals surface area contributed by atoms with E-state index < -0.39 is 0 Å². The van der Waals surface area contributed by atoms with Crippen LogP contribution in [0.1, 0.15) is 5.69 Å². The summed E-state index contributed by atoms with van der Waals surface area (Å²) in [6, 6.07) is 0. The van der Waals surface area contributed by atoms with Crippen molar-refractivity contribution in [1.29, 1.82) is 0 Å². The van der Waals surface area contributed by atoms with Crippen LogP contribution in [-0.2, 0) is 13.6 Å². The van der Waals surface area contributed by atoms with Crippen LogP contribution in [0.25, 0.3) is 0 Å². The van der Waals surface area contributed by atoms with Crippen molar-refractivity contribution in [3.63, 3.8) is 0 Å². The molecule has 6 heteroatoms. The molecule has 2 N–H and O–H groups in total. The van der Waals surface area contributed by atoms with Crippen molar-refractivity contribution in [2.24, 2.45) is 12.8 Å². The Hall–Kier alpha value is 0.480. The maximum Gasteiger partial charge on any atom is 0.0650 e. The first-order valence-corrected chi connectivity index (χ1v) is 3.70. The number of aromatic nitrogens is 2. The topological polar surface area (TPSA) is 43.8 Å². The maximum absolute atomic E-state index is 5.43. The second-order valence-electron chi connectivity index (χ2n) is 1.77. The molecule has 1 rings (SSSR count). The van der Waals surface area contributed by atoms with Crippen LogP contribution in [-0.4, -0.2) is 9.78 Å². The van der Waals surface area contributed by atoms with E-state index in [0.29, 0.717) is 6.54 Å². The molecule has 3 nitrogen and oxygen atoms in total. The lowest BCUT2D eigenvalue weighted by Crippen LogP contribution is -2.05. The third-order valence-corrected chi connectivity index (χ3v) is 2.11. The van der Waals surface area contributed by atoms with Crippen molar-refractivity contribution in [2.45, 2.75) is 6.54 Å². The Bertz CT molecular complexity index is 194. The number of nitrogens with two attached hydrogens (primary N) is 1. The lowest BCUT2D eigenvalue weighted by Gasteiger charge is -1.95. The molecule has 0 aliphatic carbocycles. The molecule has 1 aromatic heterocycles. The average Bonchev–Trinajstić information content (AvgIpc) is 2.12. The van der Waals surface area contributed by atoms with Crippen LogP contribution in [0.3, 0.4) is 0 Å². The number of aryl methyl sites for hydroxylation is 1. The largest absolute Gasteiger partial charge is 0.325 e. The van der Waals surface area contributed by atoms with Crippen LogP contribution in [0.15, 0.2) is 6.20 Å². The summed E-state index contributed by atoms with van der Waals surface area (Å²) in [5, 5.41) is 4.02. The normalized spacial score (nSPS) is 8.27. The van der Waals surface area contributed by atoms with Gasteiger partial charge in [-0.05, 0) is 22.6 Å². The van der Waals surface area contributed by atoms with Gasteiger partial charge in [-0.15, -0.1) is 24.8 Å². The van der Waals surface area contributed by atoms with Crippen molar-refractivity contribution in [1.82, 2.24) is 9.78 Å². The van der Waals surface area contributed by atoms with E-state index in [-0.39, 0.29) is 24.8 Å². The molecule has 11 heavy (non-hydrogen) atoms. The van der Waals surface area contributed by atoms with Crippen LogP contribution in [0.5, 0.6) is 0 Å². The summed E-state index contributed by atoms with van der Waals surface area (Å²) >= 11 is 2.22. The van der Waals surface area contributed by atoms with Crippen LogP contribution in [0, 0.1) is 3.57 Å². The molecule has 0 unspecified atom stereocenters. The summed E-state index contributed by atoms with van der Waals surface area (Å²) < 4.78 is 2.93. The molecule has 0 saturated carbocycles. The zero-order valence-corrected chi connectivity index (χ0v) is 9.74. The van der Waals surface area contributed by atoms with E-state index in [1.54, 1.807) is 4.68 Å². The predicted octanol–water partition coefficient (Wildman–Crippen LogP) is 1.33. The molecule has 0 bridgehead atoms. The maximum atomic E-state index is 5.43. The summed E-state index contributed by atoms with van der Waals surface area (Å²) in [5.74, 6) is 0. The Morgan fingerprint density at radius 3 is 2.36 bits per heavy atom. The highest BCUT2D eigenvalue weighted by Crippen LogP contribution is 2.08. The third-order valence-electron chi connectivity index (χ3n) is 1.20. The molecule has 1 aromatic rings. The standard InChI is InChI=1S/C5H8IN3.2ClH/c1-9-5(2-7)4(6)3-8-9;;/h3H,2,7H2,1H3;2*1H. The second-order valence-corrected chi connectivity index (χ2v) is 2.93. The van der Waals surface area contributed by atoms with Gasteiger partial charge < -0.3 is 5.73 Å². The van der Waals surface area contributed by atoms with Crippen molar-refractivity contribution < 1.29 is 0 Å². The molecule has 1 heterocycles. The fourth-order valence-electron chi connectivity index (χ4n) is 0.666. The van der Waals surface area contributed by atoms with Gasteiger partial charge in [-0.2, -0.15) is 5.10 Å². The number of hydrogen-bond acceptors (Lipinski definition) is 2. The van der Waals surface area contributed by atoms with Crippen LogP contribution in [0.2, 0.25) is 0 Å². The molecular weight excluding hydrogens is 300 g/mol. The number of nitrogens with zero attached hydrogens (tertiary/aromatic N) is 2. The molecule has 0 aromatic carbocycles. The van der Waals surface area contributed by atoms with E-state index in [4.69, 9.17) is 5.73 Å². The highest BCUT2D eigenvalue weighted by atomic mass is 127. The molecule has 0 fully saturated rings. The zero-order chi connectivity index (χ0) is 6.85. The average molecular weight is 310 g/mol. The van der Waals surface area contributed by atoms with Crippen LogP contribution in [0.4, 0.5) is 0 Å². The first-order chi connectivity index (χ1) is 4.25. The highest BCUT2D eigenvalue weighted by molar-refractivity contribution is 14.1. The van der Waals surface area contributed by atoms with Crippen LogP contribution < -0.4 is 5.73 Å². The van der Waals surface area contributed by atoms with Crippen molar-refractivity contribution in [3.8, 4) is 0 Å². The smallest absolute Gasteiger partial charge is 0.0650 e. The summed E-state index contributed by atoms with van der Waals surface area (Å²) in [7, 11) is 1.89. The predicted molar refractivity (Wildman–Crippen MR) is 58.3 cm³/mol. The van der Waals surface area contributed by atoms with E-state index >= 15 is 0 Å². The lowest BCUT2D eigenvalue weighted by atomic mass is 10.4. The Balaban J connectivity index is 0. The molecule has 0 atom stereocenters. The van der Waals surface area contributed by atoms with Crippen LogP contribution >= 0.6 is 47.4 Å². The molecular formula is C5H10Cl2IN3. The fourth-order valence-corrected chi connectivity index (χ4v) is 1.36.